The second-order valence-corrected chi connectivity index (χ2v) is 9.60. The van der Waals surface area contributed by atoms with E-state index in [0.29, 0.717) is 10.9 Å². The largest absolute Gasteiger partial charge is 0.341 e. The quantitative estimate of drug-likeness (QED) is 0.436. The van der Waals surface area contributed by atoms with E-state index < -0.39 is 0 Å². The molecule has 1 saturated heterocycles. The Morgan fingerprint density at radius 1 is 1.00 bits per heavy atom. The minimum atomic E-state index is 0.667. The second-order valence-electron chi connectivity index (χ2n) is 9.16. The third-order valence-electron chi connectivity index (χ3n) is 6.06. The smallest absolute Gasteiger partial charge is 0.213 e. The summed E-state index contributed by atoms with van der Waals surface area (Å²) in [6, 6.07) is 14.2. The Labute approximate surface area is 193 Å². The summed E-state index contributed by atoms with van der Waals surface area (Å²) in [5.74, 6) is 2.38. The number of aromatic nitrogens is 4. The van der Waals surface area contributed by atoms with Crippen molar-refractivity contribution in [2.24, 2.45) is 5.92 Å². The summed E-state index contributed by atoms with van der Waals surface area (Å²) < 4.78 is 2.13. The topological polar surface area (TPSA) is 49.6 Å². The molecule has 0 N–H and O–H groups in total. The molecule has 7 heteroatoms. The van der Waals surface area contributed by atoms with Gasteiger partial charge in [0.15, 0.2) is 11.5 Å². The van der Waals surface area contributed by atoms with Crippen LogP contribution in [0.3, 0.4) is 0 Å². The summed E-state index contributed by atoms with van der Waals surface area (Å²) >= 11 is 6.32. The van der Waals surface area contributed by atoms with Gasteiger partial charge in [-0.25, -0.2) is 9.38 Å². The van der Waals surface area contributed by atoms with Crippen molar-refractivity contribution in [3.63, 3.8) is 0 Å². The van der Waals surface area contributed by atoms with Crippen molar-refractivity contribution in [2.75, 3.05) is 37.6 Å². The molecule has 166 valence electrons. The van der Waals surface area contributed by atoms with E-state index in [1.54, 1.807) is 0 Å². The number of fused-ring (bicyclic) bond motifs is 3. The number of anilines is 1. The Morgan fingerprint density at radius 2 is 1.88 bits per heavy atom. The number of nitrogens with zero attached hydrogens (tertiary/aromatic N) is 6. The lowest BCUT2D eigenvalue weighted by molar-refractivity contribution is 0.261. The van der Waals surface area contributed by atoms with E-state index in [1.165, 1.54) is 5.56 Å². The Balaban J connectivity index is 1.66. The summed E-state index contributed by atoms with van der Waals surface area (Å²) in [5, 5.41) is 10.9. The van der Waals surface area contributed by atoms with Gasteiger partial charge in [-0.3, -0.25) is 0 Å². The molecule has 1 fully saturated rings. The van der Waals surface area contributed by atoms with Crippen LogP contribution in [0.1, 0.15) is 25.8 Å². The van der Waals surface area contributed by atoms with Gasteiger partial charge in [0.05, 0.1) is 5.52 Å². The van der Waals surface area contributed by atoms with Crippen molar-refractivity contribution in [2.45, 2.75) is 27.2 Å². The molecular weight excluding hydrogens is 420 g/mol. The summed E-state index contributed by atoms with van der Waals surface area (Å²) in [6.45, 7) is 11.8. The van der Waals surface area contributed by atoms with Crippen LogP contribution in [0.2, 0.25) is 5.02 Å². The van der Waals surface area contributed by atoms with E-state index in [2.05, 4.69) is 69.4 Å². The van der Waals surface area contributed by atoms with Crippen molar-refractivity contribution < 1.29 is 0 Å². The fraction of sp³-hybridized carbons (Fsp3) is 0.400. The number of rotatable bonds is 4. The first-order valence-electron chi connectivity index (χ1n) is 11.4. The average molecular weight is 449 g/mol. The summed E-state index contributed by atoms with van der Waals surface area (Å²) in [5.41, 5.74) is 3.92. The van der Waals surface area contributed by atoms with Crippen molar-refractivity contribution in [3.05, 3.63) is 53.1 Å². The van der Waals surface area contributed by atoms with Gasteiger partial charge in [-0.15, -0.1) is 10.2 Å². The number of aryl methyl sites for hydroxylation is 1. The van der Waals surface area contributed by atoms with Crippen LogP contribution in [0.4, 0.5) is 5.95 Å². The highest BCUT2D eigenvalue weighted by Gasteiger charge is 2.23. The van der Waals surface area contributed by atoms with Crippen LogP contribution < -0.4 is 4.90 Å². The molecule has 0 radical (unpaired) electrons. The average Bonchev–Trinajstić information content (AvgIpc) is 3.07. The van der Waals surface area contributed by atoms with E-state index in [9.17, 15) is 0 Å². The van der Waals surface area contributed by atoms with E-state index in [4.69, 9.17) is 16.6 Å². The highest BCUT2D eigenvalue weighted by atomic mass is 35.5. The highest BCUT2D eigenvalue weighted by molar-refractivity contribution is 6.31. The van der Waals surface area contributed by atoms with Crippen molar-refractivity contribution in [1.82, 2.24) is 24.5 Å². The second kappa shape index (κ2) is 8.68. The molecule has 5 rings (SSSR count). The van der Waals surface area contributed by atoms with Crippen LogP contribution in [-0.4, -0.2) is 57.2 Å². The summed E-state index contributed by atoms with van der Waals surface area (Å²) in [6.07, 6.45) is 1.10. The van der Waals surface area contributed by atoms with E-state index >= 15 is 0 Å². The summed E-state index contributed by atoms with van der Waals surface area (Å²) in [4.78, 5) is 10.1. The maximum atomic E-state index is 6.32. The number of benzene rings is 2. The van der Waals surface area contributed by atoms with Crippen LogP contribution in [0.15, 0.2) is 42.5 Å². The van der Waals surface area contributed by atoms with Gasteiger partial charge in [0.2, 0.25) is 5.95 Å². The Kier molecular flexibility index (Phi) is 5.74. The predicted octanol–water partition coefficient (Wildman–Crippen LogP) is 5.07. The molecule has 3 heterocycles. The van der Waals surface area contributed by atoms with E-state index in [-0.39, 0.29) is 0 Å². The van der Waals surface area contributed by atoms with Gasteiger partial charge in [-0.2, -0.15) is 0 Å². The first kappa shape index (κ1) is 21.2. The lowest BCUT2D eigenvalue weighted by Crippen LogP contribution is -2.34. The van der Waals surface area contributed by atoms with Gasteiger partial charge in [-0.05, 0) is 50.1 Å². The number of hydrogen-bond donors (Lipinski definition) is 0. The van der Waals surface area contributed by atoms with Crippen molar-refractivity contribution in [1.29, 1.82) is 0 Å². The molecule has 0 atom stereocenters. The lowest BCUT2D eigenvalue weighted by atomic mass is 10.1. The van der Waals surface area contributed by atoms with Gasteiger partial charge >= 0.3 is 0 Å². The first-order chi connectivity index (χ1) is 15.5. The fourth-order valence-corrected chi connectivity index (χ4v) is 4.81. The molecule has 0 bridgehead atoms. The van der Waals surface area contributed by atoms with E-state index in [1.807, 2.05) is 18.2 Å². The summed E-state index contributed by atoms with van der Waals surface area (Å²) in [7, 11) is 0. The zero-order chi connectivity index (χ0) is 22.2. The minimum absolute atomic E-state index is 0.667. The van der Waals surface area contributed by atoms with Gasteiger partial charge in [0.25, 0.3) is 0 Å². The zero-order valence-corrected chi connectivity index (χ0v) is 19.7. The van der Waals surface area contributed by atoms with Crippen molar-refractivity contribution >= 4 is 34.1 Å². The van der Waals surface area contributed by atoms with Crippen molar-refractivity contribution in [3.8, 4) is 11.4 Å². The third-order valence-corrected chi connectivity index (χ3v) is 6.29. The Bertz CT molecular complexity index is 1260. The third kappa shape index (κ3) is 4.05. The number of halogens is 1. The van der Waals surface area contributed by atoms with Crippen LogP contribution in [0, 0.1) is 12.8 Å². The predicted molar refractivity (Wildman–Crippen MR) is 132 cm³/mol. The van der Waals surface area contributed by atoms with Gasteiger partial charge in [0.1, 0.15) is 0 Å². The molecule has 4 aromatic rings. The Hall–Kier alpha value is -2.70. The van der Waals surface area contributed by atoms with Gasteiger partial charge in [-0.1, -0.05) is 49.2 Å². The molecule has 2 aromatic heterocycles. The molecule has 0 amide bonds. The molecule has 32 heavy (non-hydrogen) atoms. The van der Waals surface area contributed by atoms with Crippen LogP contribution in [0.25, 0.3) is 27.9 Å². The maximum absolute atomic E-state index is 6.32. The van der Waals surface area contributed by atoms with E-state index in [0.717, 1.165) is 73.0 Å². The molecule has 2 aromatic carbocycles. The SMILES string of the molecule is Cc1cccc(-c2nnc3c4ccc(Cl)cc4nc(N4CCCN(CC(C)C)CC4)n23)c1. The monoisotopic (exact) mass is 448 g/mol. The molecular formula is C25H29ClN6. The van der Waals surface area contributed by atoms with Crippen LogP contribution in [0.5, 0.6) is 0 Å². The zero-order valence-electron chi connectivity index (χ0n) is 18.9. The Morgan fingerprint density at radius 3 is 2.69 bits per heavy atom. The van der Waals surface area contributed by atoms with Crippen LogP contribution in [-0.2, 0) is 0 Å². The molecule has 0 saturated carbocycles. The van der Waals surface area contributed by atoms with Gasteiger partial charge in [0, 0.05) is 42.2 Å². The maximum Gasteiger partial charge on any atom is 0.213 e. The van der Waals surface area contributed by atoms with Gasteiger partial charge < -0.3 is 9.80 Å². The minimum Gasteiger partial charge on any atom is -0.341 e. The fourth-order valence-electron chi connectivity index (χ4n) is 4.65. The molecule has 0 aliphatic carbocycles. The number of hydrogen-bond acceptors (Lipinski definition) is 5. The molecule has 6 nitrogen and oxygen atoms in total. The normalized spacial score (nSPS) is 15.7. The van der Waals surface area contributed by atoms with Crippen LogP contribution >= 0.6 is 11.6 Å². The standard InChI is InChI=1S/C25H29ClN6/c1-17(2)16-30-10-5-11-31(13-12-30)25-27-22-15-20(26)8-9-21(22)24-29-28-23(32(24)25)19-7-4-6-18(3)14-19/h4,6-9,14-15,17H,5,10-13,16H2,1-3H3. The molecule has 1 aliphatic rings. The lowest BCUT2D eigenvalue weighted by Gasteiger charge is -2.25. The molecule has 0 spiro atoms. The molecule has 1 aliphatic heterocycles. The highest BCUT2D eigenvalue weighted by Crippen LogP contribution is 2.30. The molecule has 0 unspecified atom stereocenters. The first-order valence-corrected chi connectivity index (χ1v) is 11.8.